The first-order chi connectivity index (χ1) is 31.5. The van der Waals surface area contributed by atoms with Crippen LogP contribution in [0.5, 0.6) is 0 Å². The van der Waals surface area contributed by atoms with Gasteiger partial charge in [0.1, 0.15) is 31.0 Å². The average Bonchev–Trinajstić information content (AvgIpc) is 3.68. The van der Waals surface area contributed by atoms with Crippen molar-refractivity contribution in [1.82, 2.24) is 4.90 Å². The summed E-state index contributed by atoms with van der Waals surface area (Å²) < 4.78 is 41.9. The molecule has 2 amide bonds. The van der Waals surface area contributed by atoms with Gasteiger partial charge in [0.2, 0.25) is 5.91 Å². The van der Waals surface area contributed by atoms with Crippen molar-refractivity contribution in [3.63, 3.8) is 0 Å². The second-order valence-electron chi connectivity index (χ2n) is 16.1. The number of Topliss-reactive ketones (excluding diaryl/α,β-unsaturated/α-hetero) is 1. The molecule has 4 aromatic rings. The molecule has 0 saturated carbocycles. The lowest BCUT2D eigenvalue weighted by Crippen LogP contribution is -2.61. The molecule has 2 aliphatic heterocycles. The highest BCUT2D eigenvalue weighted by atomic mass is 16.7. The number of ether oxygens (including phenoxy) is 7. The van der Waals surface area contributed by atoms with Gasteiger partial charge in [-0.3, -0.25) is 19.2 Å². The van der Waals surface area contributed by atoms with Gasteiger partial charge in [-0.05, 0) is 55.0 Å². The summed E-state index contributed by atoms with van der Waals surface area (Å²) in [7, 11) is 1.46. The Kier molecular flexibility index (Phi) is 17.9. The van der Waals surface area contributed by atoms with Gasteiger partial charge in [-0.1, -0.05) is 121 Å². The van der Waals surface area contributed by atoms with Crippen LogP contribution in [0.25, 0.3) is 5.57 Å². The molecule has 344 valence electrons. The van der Waals surface area contributed by atoms with Gasteiger partial charge >= 0.3 is 12.1 Å². The number of imide groups is 1. The molecule has 0 aromatic heterocycles. The molecule has 0 radical (unpaired) electrons. The van der Waals surface area contributed by atoms with Crippen molar-refractivity contribution in [1.29, 1.82) is 0 Å². The average molecular weight is 892 g/mol. The molecule has 6 rings (SSSR count). The maximum Gasteiger partial charge on any atom is 0.416 e. The molecule has 2 heterocycles. The Morgan fingerprint density at radius 2 is 1.43 bits per heavy atom. The van der Waals surface area contributed by atoms with Crippen LogP contribution in [-0.2, 0) is 72.0 Å². The number of esters is 1. The van der Waals surface area contributed by atoms with Crippen molar-refractivity contribution in [3.05, 3.63) is 149 Å². The largest absolute Gasteiger partial charge is 0.453 e. The molecule has 14 nitrogen and oxygen atoms in total. The zero-order valence-electron chi connectivity index (χ0n) is 37.1. The van der Waals surface area contributed by atoms with Crippen LogP contribution in [-0.4, -0.2) is 109 Å². The maximum atomic E-state index is 14.2. The van der Waals surface area contributed by atoms with Crippen molar-refractivity contribution >= 4 is 35.1 Å². The second-order valence-corrected chi connectivity index (χ2v) is 16.1. The van der Waals surface area contributed by atoms with Gasteiger partial charge in [-0.2, -0.15) is 0 Å². The Labute approximate surface area is 379 Å². The fraction of sp³-hybridized carbons (Fsp3) is 0.392. The molecule has 2 fully saturated rings. The molecule has 0 bridgehead atoms. The number of hydrogen-bond donors (Lipinski definition) is 1. The number of benzene rings is 4. The first-order valence-electron chi connectivity index (χ1n) is 21.8. The van der Waals surface area contributed by atoms with Gasteiger partial charge in [0.25, 0.3) is 0 Å². The van der Waals surface area contributed by atoms with Crippen molar-refractivity contribution in [3.8, 4) is 0 Å². The number of amides is 2. The molecule has 0 aliphatic carbocycles. The number of aliphatic hydroxyl groups excluding tert-OH is 1. The Morgan fingerprint density at radius 3 is 2.02 bits per heavy atom. The van der Waals surface area contributed by atoms with E-state index in [0.717, 1.165) is 40.2 Å². The topological polar surface area (TPSA) is 173 Å². The molecule has 0 unspecified atom stereocenters. The molecule has 4 aromatic carbocycles. The number of aryl methyl sites for hydroxylation is 1. The van der Waals surface area contributed by atoms with Crippen LogP contribution in [0.4, 0.5) is 4.79 Å². The van der Waals surface area contributed by atoms with E-state index in [0.29, 0.717) is 12.0 Å². The van der Waals surface area contributed by atoms with Crippen LogP contribution in [0.3, 0.4) is 0 Å². The molecule has 8 atom stereocenters. The predicted octanol–water partition coefficient (Wildman–Crippen LogP) is 6.37. The normalized spacial score (nSPS) is 21.9. The third-order valence-electron chi connectivity index (χ3n) is 11.3. The maximum absolute atomic E-state index is 14.2. The van der Waals surface area contributed by atoms with Crippen LogP contribution < -0.4 is 0 Å². The number of allylic oxidation sites excluding steroid dienone is 1. The molecule has 2 aliphatic rings. The number of ketones is 2. The number of carbonyl (C=O) groups is 5. The highest BCUT2D eigenvalue weighted by Crippen LogP contribution is 2.31. The fourth-order valence-electron chi connectivity index (χ4n) is 7.97. The lowest BCUT2D eigenvalue weighted by molar-refractivity contribution is -0.319. The van der Waals surface area contributed by atoms with Crippen molar-refractivity contribution < 1.29 is 62.2 Å². The van der Waals surface area contributed by atoms with E-state index in [2.05, 4.69) is 0 Å². The second kappa shape index (κ2) is 23.9. The van der Waals surface area contributed by atoms with Crippen LogP contribution in [0.2, 0.25) is 0 Å². The highest BCUT2D eigenvalue weighted by molar-refractivity contribution is 6.25. The standard InChI is InChI=1S/C51H57NO13/c1-33-16-14-23-39(26-33)41(28-43(56)45(64-35(3)54)34(2)49(57)52-40(32-63-51(52)58)27-36-17-8-5-9-18-36)42(55)24-15-25-60-48-47(62-31-38-21-12-7-13-22-38)46(44(29-53)65-50(48)59-4)61-30-37-19-10-6-11-20-37/h5-14,16-23,26,28,34,40,44-48,50,53H,15,24-25,27,29-32H2,1-4H3/t34-,40-,44-,45-,46-,47+,48+,50+/m1/s1. The molecule has 1 N–H and O–H groups in total. The third-order valence-corrected chi connectivity index (χ3v) is 11.3. The van der Waals surface area contributed by atoms with E-state index in [-0.39, 0.29) is 51.4 Å². The van der Waals surface area contributed by atoms with E-state index in [9.17, 15) is 29.1 Å². The summed E-state index contributed by atoms with van der Waals surface area (Å²) in [6, 6.07) is 34.8. The number of carbonyl (C=O) groups excluding carboxylic acids is 5. The van der Waals surface area contributed by atoms with Gasteiger partial charge in [0.15, 0.2) is 24.0 Å². The zero-order chi connectivity index (χ0) is 46.3. The number of rotatable bonds is 22. The number of aliphatic hydroxyl groups is 1. The van der Waals surface area contributed by atoms with Gasteiger partial charge in [0, 0.05) is 32.6 Å². The molecular weight excluding hydrogens is 835 g/mol. The minimum absolute atomic E-state index is 0.0345. The van der Waals surface area contributed by atoms with Crippen LogP contribution >= 0.6 is 0 Å². The summed E-state index contributed by atoms with van der Waals surface area (Å²) in [6.07, 6.45) is -5.14. The predicted molar refractivity (Wildman–Crippen MR) is 238 cm³/mol. The molecular formula is C51H57NO13. The van der Waals surface area contributed by atoms with Gasteiger partial charge in [0.05, 0.1) is 31.8 Å². The van der Waals surface area contributed by atoms with Crippen LogP contribution in [0.15, 0.2) is 121 Å². The van der Waals surface area contributed by atoms with E-state index in [1.807, 2.05) is 104 Å². The first-order valence-corrected chi connectivity index (χ1v) is 21.8. The Balaban J connectivity index is 1.19. The van der Waals surface area contributed by atoms with Gasteiger partial charge < -0.3 is 38.3 Å². The fourth-order valence-corrected chi connectivity index (χ4v) is 7.97. The van der Waals surface area contributed by atoms with E-state index >= 15 is 0 Å². The van der Waals surface area contributed by atoms with Crippen molar-refractivity contribution in [2.75, 3.05) is 26.9 Å². The third kappa shape index (κ3) is 13.1. The summed E-state index contributed by atoms with van der Waals surface area (Å²) in [5, 5.41) is 10.4. The smallest absolute Gasteiger partial charge is 0.416 e. The van der Waals surface area contributed by atoms with Crippen molar-refractivity contribution in [2.24, 2.45) is 5.92 Å². The number of methoxy groups -OCH3 is 1. The Morgan fingerprint density at radius 1 is 0.815 bits per heavy atom. The van der Waals surface area contributed by atoms with E-state index < -0.39 is 78.3 Å². The summed E-state index contributed by atoms with van der Waals surface area (Å²) >= 11 is 0. The van der Waals surface area contributed by atoms with Gasteiger partial charge in [-0.15, -0.1) is 0 Å². The number of nitrogens with zero attached hydrogens (tertiary/aromatic N) is 1. The lowest BCUT2D eigenvalue weighted by Gasteiger charge is -2.45. The van der Waals surface area contributed by atoms with Crippen LogP contribution in [0, 0.1) is 12.8 Å². The SMILES string of the molecule is CO[C@H]1O[C@H](CO)[C@@H](OCc2ccccc2)[C@H](OCc2ccccc2)[C@@H]1OCCCC(=O)C(=CC(=O)[C@H](OC(C)=O)[C@@H](C)C(=O)N1C(=O)OC[C@H]1Cc1ccccc1)c1cccc(C)c1. The Bertz CT molecular complexity index is 2230. The molecule has 65 heavy (non-hydrogen) atoms. The van der Waals surface area contributed by atoms with Crippen LogP contribution in [0.1, 0.15) is 54.5 Å². The summed E-state index contributed by atoms with van der Waals surface area (Å²) in [5.41, 5.74) is 4.00. The minimum atomic E-state index is -1.66. The quantitative estimate of drug-likeness (QED) is 0.0524. The van der Waals surface area contributed by atoms with Crippen molar-refractivity contribution in [2.45, 2.75) is 96.1 Å². The summed E-state index contributed by atoms with van der Waals surface area (Å²) in [6.45, 7) is 4.40. The van der Waals surface area contributed by atoms with E-state index in [4.69, 9.17) is 33.2 Å². The first kappa shape index (κ1) is 48.6. The minimum Gasteiger partial charge on any atom is -0.453 e. The summed E-state index contributed by atoms with van der Waals surface area (Å²) in [5.74, 6) is -4.12. The van der Waals surface area contributed by atoms with E-state index in [1.165, 1.54) is 14.0 Å². The lowest BCUT2D eigenvalue weighted by atomic mass is 9.92. The highest BCUT2D eigenvalue weighted by Gasteiger charge is 2.49. The van der Waals surface area contributed by atoms with E-state index in [1.54, 1.807) is 18.2 Å². The number of cyclic esters (lactones) is 1. The number of hydrogen-bond acceptors (Lipinski definition) is 13. The van der Waals surface area contributed by atoms with Gasteiger partial charge in [-0.25, -0.2) is 9.69 Å². The molecule has 2 saturated heterocycles. The molecule has 14 heteroatoms. The summed E-state index contributed by atoms with van der Waals surface area (Å²) in [4.78, 5) is 68.7. The monoisotopic (exact) mass is 891 g/mol. The Hall–Kier alpha value is -5.87. The zero-order valence-corrected chi connectivity index (χ0v) is 37.1. The molecule has 0 spiro atoms.